The minimum absolute atomic E-state index is 0. The van der Waals surface area contributed by atoms with Crippen LogP contribution in [0.5, 0.6) is 5.75 Å². The average Bonchev–Trinajstić information content (AvgIpc) is 2.96. The van der Waals surface area contributed by atoms with Gasteiger partial charge in [0.15, 0.2) is 0 Å². The zero-order valence-electron chi connectivity index (χ0n) is 13.6. The van der Waals surface area contributed by atoms with Crippen LogP contribution in [0.15, 0.2) is 24.3 Å². The highest BCUT2D eigenvalue weighted by molar-refractivity contribution is 5.98. The van der Waals surface area contributed by atoms with E-state index >= 15 is 0 Å². The van der Waals surface area contributed by atoms with Crippen molar-refractivity contribution in [2.24, 2.45) is 5.92 Å². The molecule has 1 saturated heterocycles. The van der Waals surface area contributed by atoms with Crippen LogP contribution in [0.25, 0.3) is 0 Å². The highest BCUT2D eigenvalue weighted by Crippen LogP contribution is 2.26. The molecule has 124 valence electrons. The lowest BCUT2D eigenvalue weighted by molar-refractivity contribution is -0.122. The van der Waals surface area contributed by atoms with Gasteiger partial charge in [0.1, 0.15) is 5.75 Å². The van der Waals surface area contributed by atoms with Crippen molar-refractivity contribution in [3.63, 3.8) is 0 Å². The molecule has 1 aliphatic heterocycles. The first-order valence-electron chi connectivity index (χ1n) is 7.85. The van der Waals surface area contributed by atoms with Crippen LogP contribution < -0.4 is 15.4 Å². The quantitative estimate of drug-likeness (QED) is 0.839. The summed E-state index contributed by atoms with van der Waals surface area (Å²) in [4.78, 5) is 12.5. The lowest BCUT2D eigenvalue weighted by atomic mass is 9.93. The Balaban J connectivity index is 0.00000242. The number of halogens is 1. The Morgan fingerprint density at radius 3 is 2.82 bits per heavy atom. The molecule has 0 aliphatic carbocycles. The number of carbonyl (C=O) groups is 1. The lowest BCUT2D eigenvalue weighted by Crippen LogP contribution is -2.50. The van der Waals surface area contributed by atoms with Gasteiger partial charge in [0.25, 0.3) is 0 Å². The SMILES string of the molecule is CCC1(C(=O)Nc2cccc(OCC(C)C)c2)CCCN1.Cl. The molecule has 0 bridgehead atoms. The van der Waals surface area contributed by atoms with E-state index in [0.717, 1.165) is 37.2 Å². The molecule has 1 fully saturated rings. The van der Waals surface area contributed by atoms with Crippen LogP contribution in [0.3, 0.4) is 0 Å². The first kappa shape index (κ1) is 18.8. The fourth-order valence-electron chi connectivity index (χ4n) is 2.64. The molecule has 0 radical (unpaired) electrons. The molecule has 2 N–H and O–H groups in total. The number of hydrogen-bond acceptors (Lipinski definition) is 3. The van der Waals surface area contributed by atoms with Gasteiger partial charge in [-0.05, 0) is 43.9 Å². The summed E-state index contributed by atoms with van der Waals surface area (Å²) in [7, 11) is 0. The largest absolute Gasteiger partial charge is 0.493 e. The molecule has 1 unspecified atom stereocenters. The molecule has 0 spiro atoms. The molecular formula is C17H27ClN2O2. The van der Waals surface area contributed by atoms with E-state index < -0.39 is 5.54 Å². The van der Waals surface area contributed by atoms with Crippen molar-refractivity contribution in [3.05, 3.63) is 24.3 Å². The van der Waals surface area contributed by atoms with E-state index in [1.807, 2.05) is 24.3 Å². The standard InChI is InChI=1S/C17H26N2O2.ClH/c1-4-17(9-6-10-18-17)16(20)19-14-7-5-8-15(11-14)21-12-13(2)3;/h5,7-8,11,13,18H,4,6,9-10,12H2,1-3H3,(H,19,20);1H. The maximum absolute atomic E-state index is 12.5. The number of rotatable bonds is 6. The summed E-state index contributed by atoms with van der Waals surface area (Å²) in [6, 6.07) is 7.62. The zero-order valence-corrected chi connectivity index (χ0v) is 14.5. The number of anilines is 1. The molecule has 2 rings (SSSR count). The van der Waals surface area contributed by atoms with E-state index in [1.54, 1.807) is 0 Å². The first-order valence-corrected chi connectivity index (χ1v) is 7.85. The van der Waals surface area contributed by atoms with Crippen molar-refractivity contribution >= 4 is 24.0 Å². The molecule has 0 aromatic heterocycles. The summed E-state index contributed by atoms with van der Waals surface area (Å²) in [6.45, 7) is 7.88. The van der Waals surface area contributed by atoms with Gasteiger partial charge in [-0.3, -0.25) is 4.79 Å². The van der Waals surface area contributed by atoms with Gasteiger partial charge in [-0.2, -0.15) is 0 Å². The van der Waals surface area contributed by atoms with E-state index in [4.69, 9.17) is 4.74 Å². The molecule has 22 heavy (non-hydrogen) atoms. The fraction of sp³-hybridized carbons (Fsp3) is 0.588. The van der Waals surface area contributed by atoms with Crippen LogP contribution in [0.2, 0.25) is 0 Å². The second kappa shape index (κ2) is 8.39. The van der Waals surface area contributed by atoms with E-state index in [0.29, 0.717) is 12.5 Å². The summed E-state index contributed by atoms with van der Waals surface area (Å²) in [6.07, 6.45) is 2.76. The third-order valence-electron chi connectivity index (χ3n) is 3.96. The van der Waals surface area contributed by atoms with Gasteiger partial charge >= 0.3 is 0 Å². The topological polar surface area (TPSA) is 50.4 Å². The summed E-state index contributed by atoms with van der Waals surface area (Å²) in [5, 5.41) is 6.37. The Morgan fingerprint density at radius 2 is 2.23 bits per heavy atom. The smallest absolute Gasteiger partial charge is 0.244 e. The summed E-state index contributed by atoms with van der Waals surface area (Å²) in [5.41, 5.74) is 0.386. The van der Waals surface area contributed by atoms with Crippen molar-refractivity contribution in [1.29, 1.82) is 0 Å². The molecule has 0 saturated carbocycles. The molecule has 1 aromatic rings. The van der Waals surface area contributed by atoms with Crippen molar-refractivity contribution in [1.82, 2.24) is 5.32 Å². The highest BCUT2D eigenvalue weighted by atomic mass is 35.5. The minimum Gasteiger partial charge on any atom is -0.493 e. The number of amides is 1. The second-order valence-corrected chi connectivity index (χ2v) is 6.15. The molecule has 1 atom stereocenters. The van der Waals surface area contributed by atoms with E-state index in [1.165, 1.54) is 0 Å². The van der Waals surface area contributed by atoms with Gasteiger partial charge in [-0.25, -0.2) is 0 Å². The predicted octanol–water partition coefficient (Wildman–Crippen LogP) is 3.61. The Morgan fingerprint density at radius 1 is 1.45 bits per heavy atom. The van der Waals surface area contributed by atoms with Crippen molar-refractivity contribution in [3.8, 4) is 5.75 Å². The number of hydrogen-bond donors (Lipinski definition) is 2. The van der Waals surface area contributed by atoms with Gasteiger partial charge in [0, 0.05) is 11.8 Å². The zero-order chi connectivity index (χ0) is 15.3. The number of nitrogens with one attached hydrogen (secondary N) is 2. The normalized spacial score (nSPS) is 20.5. The van der Waals surface area contributed by atoms with Crippen LogP contribution in [0, 0.1) is 5.92 Å². The lowest BCUT2D eigenvalue weighted by Gasteiger charge is -2.26. The number of ether oxygens (including phenoxy) is 1. The second-order valence-electron chi connectivity index (χ2n) is 6.15. The number of benzene rings is 1. The maximum Gasteiger partial charge on any atom is 0.244 e. The van der Waals surface area contributed by atoms with E-state index in [9.17, 15) is 4.79 Å². The van der Waals surface area contributed by atoms with Crippen LogP contribution in [-0.2, 0) is 4.79 Å². The van der Waals surface area contributed by atoms with Gasteiger partial charge in [0.05, 0.1) is 12.1 Å². The Bertz CT molecular complexity index is 485. The van der Waals surface area contributed by atoms with E-state index in [2.05, 4.69) is 31.4 Å². The number of carbonyl (C=O) groups excluding carboxylic acids is 1. The molecule has 5 heteroatoms. The van der Waals surface area contributed by atoms with Gasteiger partial charge < -0.3 is 15.4 Å². The van der Waals surface area contributed by atoms with Gasteiger partial charge in [0.2, 0.25) is 5.91 Å². The van der Waals surface area contributed by atoms with Crippen molar-refractivity contribution in [2.75, 3.05) is 18.5 Å². The first-order chi connectivity index (χ1) is 10.1. The molecular weight excluding hydrogens is 300 g/mol. The van der Waals surface area contributed by atoms with Gasteiger partial charge in [-0.15, -0.1) is 12.4 Å². The average molecular weight is 327 g/mol. The Labute approximate surface area is 139 Å². The predicted molar refractivity (Wildman–Crippen MR) is 92.9 cm³/mol. The summed E-state index contributed by atoms with van der Waals surface area (Å²) in [5.74, 6) is 1.34. The van der Waals surface area contributed by atoms with Gasteiger partial charge in [-0.1, -0.05) is 26.8 Å². The van der Waals surface area contributed by atoms with E-state index in [-0.39, 0.29) is 18.3 Å². The van der Waals surface area contributed by atoms with Crippen LogP contribution in [-0.4, -0.2) is 24.6 Å². The van der Waals surface area contributed by atoms with Crippen LogP contribution >= 0.6 is 12.4 Å². The molecule has 4 nitrogen and oxygen atoms in total. The molecule has 1 aromatic carbocycles. The van der Waals surface area contributed by atoms with Crippen molar-refractivity contribution in [2.45, 2.75) is 45.6 Å². The third-order valence-corrected chi connectivity index (χ3v) is 3.96. The Hall–Kier alpha value is -1.26. The summed E-state index contributed by atoms with van der Waals surface area (Å²) >= 11 is 0. The molecule has 1 amide bonds. The fourth-order valence-corrected chi connectivity index (χ4v) is 2.64. The third kappa shape index (κ3) is 4.62. The van der Waals surface area contributed by atoms with Crippen LogP contribution in [0.1, 0.15) is 40.0 Å². The molecule has 1 aliphatic rings. The van der Waals surface area contributed by atoms with Crippen LogP contribution in [0.4, 0.5) is 5.69 Å². The van der Waals surface area contributed by atoms with Crippen molar-refractivity contribution < 1.29 is 9.53 Å². The Kier molecular flexibility index (Phi) is 7.17. The maximum atomic E-state index is 12.5. The highest BCUT2D eigenvalue weighted by Gasteiger charge is 2.39. The summed E-state index contributed by atoms with van der Waals surface area (Å²) < 4.78 is 5.70. The molecule has 1 heterocycles. The minimum atomic E-state index is -0.408. The monoisotopic (exact) mass is 326 g/mol.